The molecule has 0 saturated carbocycles. The number of ketones is 1. The summed E-state index contributed by atoms with van der Waals surface area (Å²) in [6.45, 7) is 6.76. The molecule has 3 aromatic carbocycles. The van der Waals surface area contributed by atoms with Crippen LogP contribution in [0.2, 0.25) is 0 Å². The van der Waals surface area contributed by atoms with Gasteiger partial charge in [0.05, 0.1) is 6.61 Å². The van der Waals surface area contributed by atoms with E-state index in [0.717, 1.165) is 70.9 Å². The Morgan fingerprint density at radius 2 is 1.59 bits per heavy atom. The predicted molar refractivity (Wildman–Crippen MR) is 160 cm³/mol. The zero-order chi connectivity index (χ0) is 27.0. The molecular formula is C33H37NO4S. The molecular weight excluding hydrogens is 506 g/mol. The molecule has 0 amide bonds. The molecule has 5 rings (SSSR count). The van der Waals surface area contributed by atoms with E-state index in [1.165, 1.54) is 19.3 Å². The first-order valence-electron chi connectivity index (χ1n) is 14.1. The topological polar surface area (TPSA) is 59.0 Å². The minimum atomic E-state index is -0.0270. The SMILES string of the molecule is CCCCCOc1ccc2c(C(=O)c3ccc(OCCN4CCCCC4)cc3)c(-c3ccc(O)cc3)sc2c1. The molecule has 0 radical (unpaired) electrons. The van der Waals surface area contributed by atoms with Crippen LogP contribution >= 0.6 is 11.3 Å². The maximum Gasteiger partial charge on any atom is 0.195 e. The number of piperidine rings is 1. The number of nitrogens with zero attached hydrogens (tertiary/aromatic N) is 1. The third kappa shape index (κ3) is 6.81. The van der Waals surface area contributed by atoms with Crippen LogP contribution in [0, 0.1) is 0 Å². The van der Waals surface area contributed by atoms with Gasteiger partial charge in [0, 0.05) is 32.6 Å². The maximum absolute atomic E-state index is 13.9. The second-order valence-electron chi connectivity index (χ2n) is 10.2. The average molecular weight is 544 g/mol. The van der Waals surface area contributed by atoms with Gasteiger partial charge >= 0.3 is 0 Å². The third-order valence-corrected chi connectivity index (χ3v) is 8.48. The molecule has 39 heavy (non-hydrogen) atoms. The number of carbonyl (C=O) groups is 1. The molecule has 4 aromatic rings. The predicted octanol–water partition coefficient (Wildman–Crippen LogP) is 7.94. The monoisotopic (exact) mass is 543 g/mol. The Morgan fingerprint density at radius 3 is 2.33 bits per heavy atom. The van der Waals surface area contributed by atoms with Crippen molar-refractivity contribution in [2.75, 3.05) is 32.8 Å². The third-order valence-electron chi connectivity index (χ3n) is 7.28. The van der Waals surface area contributed by atoms with Gasteiger partial charge in [-0.3, -0.25) is 9.69 Å². The minimum absolute atomic E-state index is 0.0270. The van der Waals surface area contributed by atoms with Crippen molar-refractivity contribution >= 4 is 27.2 Å². The van der Waals surface area contributed by atoms with Gasteiger partial charge in [-0.05, 0) is 105 Å². The van der Waals surface area contributed by atoms with Crippen molar-refractivity contribution in [3.8, 4) is 27.7 Å². The number of hydrogen-bond donors (Lipinski definition) is 1. The summed E-state index contributed by atoms with van der Waals surface area (Å²) in [6.07, 6.45) is 7.20. The summed E-state index contributed by atoms with van der Waals surface area (Å²) in [5.41, 5.74) is 2.20. The van der Waals surface area contributed by atoms with E-state index in [1.54, 1.807) is 23.5 Å². The van der Waals surface area contributed by atoms with E-state index in [9.17, 15) is 9.90 Å². The first-order chi connectivity index (χ1) is 19.1. The van der Waals surface area contributed by atoms with Crippen molar-refractivity contribution in [2.24, 2.45) is 0 Å². The summed E-state index contributed by atoms with van der Waals surface area (Å²) >= 11 is 1.58. The molecule has 1 aromatic heterocycles. The van der Waals surface area contributed by atoms with E-state index in [-0.39, 0.29) is 11.5 Å². The van der Waals surface area contributed by atoms with Crippen molar-refractivity contribution < 1.29 is 19.4 Å². The Balaban J connectivity index is 1.37. The quantitative estimate of drug-likeness (QED) is 0.145. The van der Waals surface area contributed by atoms with Gasteiger partial charge in [-0.25, -0.2) is 0 Å². The highest BCUT2D eigenvalue weighted by molar-refractivity contribution is 7.22. The van der Waals surface area contributed by atoms with E-state index in [1.807, 2.05) is 54.6 Å². The fourth-order valence-corrected chi connectivity index (χ4v) is 6.31. The van der Waals surface area contributed by atoms with Gasteiger partial charge in [-0.15, -0.1) is 11.3 Å². The Labute approximate surface area is 235 Å². The number of fused-ring (bicyclic) bond motifs is 1. The molecule has 0 unspecified atom stereocenters. The van der Waals surface area contributed by atoms with Crippen LogP contribution in [0.4, 0.5) is 0 Å². The molecule has 1 aliphatic rings. The van der Waals surface area contributed by atoms with Crippen LogP contribution < -0.4 is 9.47 Å². The van der Waals surface area contributed by atoms with Crippen LogP contribution in [-0.4, -0.2) is 48.6 Å². The van der Waals surface area contributed by atoms with Crippen molar-refractivity contribution in [3.05, 3.63) is 77.9 Å². The highest BCUT2D eigenvalue weighted by atomic mass is 32.1. The number of rotatable bonds is 12. The lowest BCUT2D eigenvalue weighted by Crippen LogP contribution is -2.33. The largest absolute Gasteiger partial charge is 0.508 e. The van der Waals surface area contributed by atoms with Crippen molar-refractivity contribution in [1.82, 2.24) is 4.90 Å². The molecule has 1 aliphatic heterocycles. The van der Waals surface area contributed by atoms with E-state index < -0.39 is 0 Å². The highest BCUT2D eigenvalue weighted by Gasteiger charge is 2.22. The van der Waals surface area contributed by atoms with Gasteiger partial charge in [0.2, 0.25) is 0 Å². The molecule has 0 atom stereocenters. The highest BCUT2D eigenvalue weighted by Crippen LogP contribution is 2.41. The summed E-state index contributed by atoms with van der Waals surface area (Å²) in [4.78, 5) is 17.3. The number of ether oxygens (including phenoxy) is 2. The Kier molecular flexibility index (Phi) is 9.17. The van der Waals surface area contributed by atoms with E-state index in [2.05, 4.69) is 11.8 Å². The van der Waals surface area contributed by atoms with Gasteiger partial charge in [-0.2, -0.15) is 0 Å². The summed E-state index contributed by atoms with van der Waals surface area (Å²) in [5, 5.41) is 10.7. The van der Waals surface area contributed by atoms with Crippen molar-refractivity contribution in [3.63, 3.8) is 0 Å². The van der Waals surface area contributed by atoms with Crippen LogP contribution in [0.1, 0.15) is 61.4 Å². The lowest BCUT2D eigenvalue weighted by Gasteiger charge is -2.26. The number of carbonyl (C=O) groups excluding carboxylic acids is 1. The smallest absolute Gasteiger partial charge is 0.195 e. The first kappa shape index (κ1) is 27.2. The summed E-state index contributed by atoms with van der Waals surface area (Å²) in [5.74, 6) is 1.77. The number of phenols is 1. The fourth-order valence-electron chi connectivity index (χ4n) is 5.07. The Bertz CT molecular complexity index is 1370. The number of aromatic hydroxyl groups is 1. The number of phenolic OH excluding ortho intramolecular Hbond substituents is 1. The molecule has 1 saturated heterocycles. The zero-order valence-corrected chi connectivity index (χ0v) is 23.5. The second kappa shape index (κ2) is 13.1. The number of hydrogen-bond acceptors (Lipinski definition) is 6. The Morgan fingerprint density at radius 1 is 0.872 bits per heavy atom. The van der Waals surface area contributed by atoms with Crippen LogP contribution in [0.5, 0.6) is 17.2 Å². The number of likely N-dealkylation sites (tertiary alicyclic amines) is 1. The van der Waals surface area contributed by atoms with E-state index in [4.69, 9.17) is 9.47 Å². The van der Waals surface area contributed by atoms with Crippen molar-refractivity contribution in [2.45, 2.75) is 45.4 Å². The fraction of sp³-hybridized carbons (Fsp3) is 0.364. The van der Waals surface area contributed by atoms with Crippen LogP contribution in [-0.2, 0) is 0 Å². The van der Waals surface area contributed by atoms with Crippen molar-refractivity contribution in [1.29, 1.82) is 0 Å². The molecule has 5 nitrogen and oxygen atoms in total. The normalized spacial score (nSPS) is 14.0. The second-order valence-corrected chi connectivity index (χ2v) is 11.2. The average Bonchev–Trinajstić information content (AvgIpc) is 3.35. The zero-order valence-electron chi connectivity index (χ0n) is 22.7. The lowest BCUT2D eigenvalue weighted by molar-refractivity contribution is 0.104. The number of benzene rings is 3. The van der Waals surface area contributed by atoms with Gasteiger partial charge in [-0.1, -0.05) is 26.2 Å². The van der Waals surface area contributed by atoms with Crippen LogP contribution in [0.3, 0.4) is 0 Å². The summed E-state index contributed by atoms with van der Waals surface area (Å²) < 4.78 is 13.0. The summed E-state index contributed by atoms with van der Waals surface area (Å²) in [6, 6.07) is 20.5. The van der Waals surface area contributed by atoms with Gasteiger partial charge in [0.1, 0.15) is 23.9 Å². The molecule has 6 heteroatoms. The summed E-state index contributed by atoms with van der Waals surface area (Å²) in [7, 11) is 0. The molecule has 2 heterocycles. The Hall–Kier alpha value is -3.35. The van der Waals surface area contributed by atoms with Gasteiger partial charge in [0.15, 0.2) is 5.78 Å². The molecule has 1 N–H and O–H groups in total. The van der Waals surface area contributed by atoms with E-state index >= 15 is 0 Å². The molecule has 1 fully saturated rings. The molecule has 0 spiro atoms. The van der Waals surface area contributed by atoms with Crippen LogP contribution in [0.25, 0.3) is 20.5 Å². The van der Waals surface area contributed by atoms with Gasteiger partial charge < -0.3 is 14.6 Å². The maximum atomic E-state index is 13.9. The molecule has 0 bridgehead atoms. The standard InChI is InChI=1S/C33H37NO4S/c1-2-3-7-21-37-28-16-17-29-30(23-28)39-33(25-8-12-26(35)13-9-25)31(29)32(36)24-10-14-27(15-11-24)38-22-20-34-18-5-4-6-19-34/h8-17,23,35H,2-7,18-22H2,1H3. The van der Waals surface area contributed by atoms with Crippen LogP contribution in [0.15, 0.2) is 66.7 Å². The van der Waals surface area contributed by atoms with E-state index in [0.29, 0.717) is 24.3 Å². The van der Waals surface area contributed by atoms with Gasteiger partial charge in [0.25, 0.3) is 0 Å². The number of unbranched alkanes of at least 4 members (excludes halogenated alkanes) is 2. The first-order valence-corrected chi connectivity index (χ1v) is 14.9. The minimum Gasteiger partial charge on any atom is -0.508 e. The lowest BCUT2D eigenvalue weighted by atomic mass is 9.97. The molecule has 0 aliphatic carbocycles. The molecule has 204 valence electrons. The number of thiophene rings is 1.